The lowest BCUT2D eigenvalue weighted by Gasteiger charge is -2.72. The fourth-order valence-corrected chi connectivity index (χ4v) is 9.97. The predicted octanol–water partition coefficient (Wildman–Crippen LogP) is 3.44. The minimum atomic E-state index is -0.278. The zero-order valence-electron chi connectivity index (χ0n) is 17.8. The maximum absolute atomic E-state index is 6.98. The molecule has 8 rings (SSSR count). The lowest BCUT2D eigenvalue weighted by molar-refractivity contribution is -0.259. The summed E-state index contributed by atoms with van der Waals surface area (Å²) in [6.45, 7) is 1.05. The van der Waals surface area contributed by atoms with Crippen LogP contribution in [-0.4, -0.2) is 54.5 Å². The molecule has 2 spiro atoms. The van der Waals surface area contributed by atoms with Gasteiger partial charge >= 0.3 is 0 Å². The average Bonchev–Trinajstić information content (AvgIpc) is 3.43. The molecule has 8 heteroatoms. The van der Waals surface area contributed by atoms with Crippen LogP contribution in [0.1, 0.15) is 36.8 Å². The minimum absolute atomic E-state index is 0.0263. The molecule has 0 unspecified atom stereocenters. The standard InChI is InChI=1S/C23H27N3O3S2/c1-27-15-4-3-13-9-16-21-5-6-23(28-2,14(10-21)11-30-20-26-25-12-31-20)19-22(21,7-8-24-16)17(13)18(15)29-19/h3-4,12,14,16,19,24H,5-11H2,1-2H3/t14-,16-,19-,21-,22+,23-/m1/s1. The van der Waals surface area contributed by atoms with Gasteiger partial charge in [0.15, 0.2) is 15.8 Å². The van der Waals surface area contributed by atoms with Crippen molar-refractivity contribution in [1.82, 2.24) is 15.5 Å². The van der Waals surface area contributed by atoms with Gasteiger partial charge < -0.3 is 19.5 Å². The topological polar surface area (TPSA) is 65.5 Å². The van der Waals surface area contributed by atoms with E-state index in [4.69, 9.17) is 14.2 Å². The molecule has 1 saturated heterocycles. The van der Waals surface area contributed by atoms with Crippen molar-refractivity contribution >= 4 is 23.1 Å². The predicted molar refractivity (Wildman–Crippen MR) is 119 cm³/mol. The molecule has 6 atom stereocenters. The number of thioether (sulfide) groups is 1. The molecule has 31 heavy (non-hydrogen) atoms. The first-order chi connectivity index (χ1) is 15.2. The number of hydrogen-bond donors (Lipinski definition) is 1. The summed E-state index contributed by atoms with van der Waals surface area (Å²) in [7, 11) is 3.66. The molecule has 1 aromatic carbocycles. The monoisotopic (exact) mass is 457 g/mol. The van der Waals surface area contributed by atoms with E-state index in [1.807, 2.05) is 24.4 Å². The molecule has 3 saturated carbocycles. The van der Waals surface area contributed by atoms with E-state index in [2.05, 4.69) is 27.6 Å². The van der Waals surface area contributed by atoms with Crippen LogP contribution >= 0.6 is 23.1 Å². The van der Waals surface area contributed by atoms with Gasteiger partial charge in [-0.25, -0.2) is 0 Å². The molecule has 4 bridgehead atoms. The summed E-state index contributed by atoms with van der Waals surface area (Å²) in [4.78, 5) is 0. The van der Waals surface area contributed by atoms with Gasteiger partial charge in [0.1, 0.15) is 17.2 Å². The van der Waals surface area contributed by atoms with Crippen LogP contribution in [0.25, 0.3) is 0 Å². The highest BCUT2D eigenvalue weighted by atomic mass is 32.2. The molecule has 2 aromatic rings. The molecule has 0 radical (unpaired) electrons. The van der Waals surface area contributed by atoms with Crippen molar-refractivity contribution in [3.63, 3.8) is 0 Å². The Kier molecular flexibility index (Phi) is 3.93. The first kappa shape index (κ1) is 19.1. The summed E-state index contributed by atoms with van der Waals surface area (Å²) in [5.74, 6) is 3.28. The highest BCUT2D eigenvalue weighted by molar-refractivity contribution is 8.01. The van der Waals surface area contributed by atoms with Crippen molar-refractivity contribution < 1.29 is 14.2 Å². The Morgan fingerprint density at radius 2 is 2.23 bits per heavy atom. The normalized spacial score (nSPS) is 41.0. The maximum atomic E-state index is 6.98. The largest absolute Gasteiger partial charge is 0.493 e. The average molecular weight is 458 g/mol. The van der Waals surface area contributed by atoms with E-state index in [0.717, 1.165) is 47.4 Å². The number of benzene rings is 1. The lowest BCUT2D eigenvalue weighted by atomic mass is 9.35. The molecule has 1 N–H and O–H groups in total. The molecular weight excluding hydrogens is 430 g/mol. The van der Waals surface area contributed by atoms with Crippen molar-refractivity contribution in [2.24, 2.45) is 11.3 Å². The summed E-state index contributed by atoms with van der Waals surface area (Å²) in [5, 5.41) is 12.2. The van der Waals surface area contributed by atoms with E-state index in [-0.39, 0.29) is 22.5 Å². The van der Waals surface area contributed by atoms with Gasteiger partial charge in [0.25, 0.3) is 0 Å². The summed E-state index contributed by atoms with van der Waals surface area (Å²) in [6.07, 6.45) is 5.68. The Balaban J connectivity index is 1.40. The first-order valence-electron chi connectivity index (χ1n) is 11.2. The van der Waals surface area contributed by atoms with E-state index >= 15 is 0 Å². The molecular formula is C23H27N3O3S2. The van der Waals surface area contributed by atoms with E-state index in [9.17, 15) is 0 Å². The molecule has 4 aliphatic carbocycles. The second-order valence-corrected chi connectivity index (χ2v) is 11.9. The number of rotatable bonds is 5. The van der Waals surface area contributed by atoms with Gasteiger partial charge in [-0.05, 0) is 50.3 Å². The van der Waals surface area contributed by atoms with Gasteiger partial charge in [-0.1, -0.05) is 29.2 Å². The van der Waals surface area contributed by atoms with Crippen molar-refractivity contribution in [1.29, 1.82) is 0 Å². The third-order valence-electron chi connectivity index (χ3n) is 9.28. The molecule has 1 aromatic heterocycles. The fraction of sp³-hybridized carbons (Fsp3) is 0.652. The van der Waals surface area contributed by atoms with Crippen molar-refractivity contribution in [2.75, 3.05) is 26.5 Å². The number of ether oxygens (including phenoxy) is 3. The molecule has 6 nitrogen and oxygen atoms in total. The molecule has 2 aliphatic heterocycles. The van der Waals surface area contributed by atoms with Gasteiger partial charge in [0, 0.05) is 41.2 Å². The van der Waals surface area contributed by atoms with Crippen molar-refractivity contribution in [3.05, 3.63) is 28.8 Å². The third kappa shape index (κ3) is 2.09. The SMILES string of the molecule is COc1ccc2c3c1O[C@H]1[C@@]4(OC)CC[C@@]5(C[C@@H]4CSc4nncs4)[C@@H](C2)NCC[C@]315. The van der Waals surface area contributed by atoms with Crippen LogP contribution in [0, 0.1) is 11.3 Å². The maximum Gasteiger partial charge on any atom is 0.174 e. The van der Waals surface area contributed by atoms with Gasteiger partial charge in [0.2, 0.25) is 0 Å². The molecule has 0 amide bonds. The van der Waals surface area contributed by atoms with Crippen molar-refractivity contribution in [2.45, 2.75) is 59.6 Å². The lowest BCUT2D eigenvalue weighted by Crippen LogP contribution is -2.81. The van der Waals surface area contributed by atoms with E-state index in [0.29, 0.717) is 12.0 Å². The summed E-state index contributed by atoms with van der Waals surface area (Å²) >= 11 is 3.45. The van der Waals surface area contributed by atoms with Crippen molar-refractivity contribution in [3.8, 4) is 11.5 Å². The van der Waals surface area contributed by atoms with Crippen LogP contribution in [-0.2, 0) is 16.6 Å². The van der Waals surface area contributed by atoms with Gasteiger partial charge in [0.05, 0.1) is 7.11 Å². The Morgan fingerprint density at radius 3 is 3.03 bits per heavy atom. The number of fused-ring (bicyclic) bond motifs is 2. The number of methoxy groups -OCH3 is 2. The second kappa shape index (κ2) is 6.37. The second-order valence-electron chi connectivity index (χ2n) is 9.79. The quantitative estimate of drug-likeness (QED) is 0.690. The molecule has 4 fully saturated rings. The minimum Gasteiger partial charge on any atom is -0.493 e. The summed E-state index contributed by atoms with van der Waals surface area (Å²) in [6, 6.07) is 4.88. The Bertz CT molecular complexity index is 1050. The number of piperidine rings is 1. The zero-order chi connectivity index (χ0) is 20.8. The Hall–Kier alpha value is -1.35. The molecule has 6 aliphatic rings. The first-order valence-corrected chi connectivity index (χ1v) is 13.1. The zero-order valence-corrected chi connectivity index (χ0v) is 19.5. The van der Waals surface area contributed by atoms with E-state index in [1.165, 1.54) is 24.0 Å². The molecule has 3 heterocycles. The van der Waals surface area contributed by atoms with Crippen LogP contribution in [0.2, 0.25) is 0 Å². The highest BCUT2D eigenvalue weighted by Gasteiger charge is 2.79. The van der Waals surface area contributed by atoms with E-state index in [1.54, 1.807) is 18.4 Å². The number of aromatic nitrogens is 2. The number of hydrogen-bond acceptors (Lipinski definition) is 8. The number of nitrogens with one attached hydrogen (secondary N) is 1. The fourth-order valence-electron chi connectivity index (χ4n) is 8.24. The summed E-state index contributed by atoms with van der Waals surface area (Å²) in [5.41, 5.74) is 4.67. The number of nitrogens with zero attached hydrogens (tertiary/aromatic N) is 2. The van der Waals surface area contributed by atoms with E-state index < -0.39 is 0 Å². The van der Waals surface area contributed by atoms with Crippen LogP contribution in [0.5, 0.6) is 11.5 Å². The van der Waals surface area contributed by atoms with Gasteiger partial charge in [-0.15, -0.1) is 10.2 Å². The van der Waals surface area contributed by atoms with Crippen LogP contribution in [0.3, 0.4) is 0 Å². The Labute approximate surface area is 190 Å². The van der Waals surface area contributed by atoms with Crippen LogP contribution < -0.4 is 14.8 Å². The third-order valence-corrected chi connectivity index (χ3v) is 11.3. The molecule has 164 valence electrons. The van der Waals surface area contributed by atoms with Gasteiger partial charge in [-0.3, -0.25) is 0 Å². The Morgan fingerprint density at radius 1 is 1.29 bits per heavy atom. The summed E-state index contributed by atoms with van der Waals surface area (Å²) < 4.78 is 20.3. The smallest absolute Gasteiger partial charge is 0.174 e. The van der Waals surface area contributed by atoms with Crippen LogP contribution in [0.15, 0.2) is 22.0 Å². The highest BCUT2D eigenvalue weighted by Crippen LogP contribution is 2.75. The van der Waals surface area contributed by atoms with Gasteiger partial charge in [-0.2, -0.15) is 0 Å². The van der Waals surface area contributed by atoms with Crippen LogP contribution in [0.4, 0.5) is 0 Å².